The highest BCUT2D eigenvalue weighted by atomic mass is 16.4. The van der Waals surface area contributed by atoms with E-state index in [1.807, 2.05) is 10.6 Å². The lowest BCUT2D eigenvalue weighted by molar-refractivity contribution is -0.143. The Labute approximate surface area is 169 Å². The van der Waals surface area contributed by atoms with Crippen LogP contribution in [0.5, 0.6) is 0 Å². The number of nitrogens with two attached hydrogens (primary N) is 3. The van der Waals surface area contributed by atoms with Crippen LogP contribution in [0.2, 0.25) is 0 Å². The summed E-state index contributed by atoms with van der Waals surface area (Å²) >= 11 is 0. The van der Waals surface area contributed by atoms with Crippen LogP contribution in [0, 0.1) is 0 Å². The van der Waals surface area contributed by atoms with E-state index in [2.05, 4.69) is 5.32 Å². The number of carboxylic acid groups (broad SMARTS) is 2. The molecule has 3 atom stereocenters. The molecule has 0 aromatic rings. The molecule has 0 rings (SSSR count). The molecular formula is C15H24N6O9. The topological polar surface area (TPSA) is 274 Å². The molecule has 0 fully saturated rings. The van der Waals surface area contributed by atoms with Gasteiger partial charge >= 0.3 is 11.9 Å². The predicted octanol–water partition coefficient (Wildman–Crippen LogP) is -4.90. The molecule has 0 aromatic heterocycles. The number of carboxylic acids is 2. The Bertz CT molecular complexity index is 711. The molecule has 0 saturated carbocycles. The summed E-state index contributed by atoms with van der Waals surface area (Å²) in [6.45, 7) is -0.777. The van der Waals surface area contributed by atoms with Crippen LogP contribution in [0.25, 0.3) is 0 Å². The molecule has 3 unspecified atom stereocenters. The van der Waals surface area contributed by atoms with Gasteiger partial charge in [0.05, 0.1) is 25.4 Å². The smallest absolute Gasteiger partial charge is 0.326 e. The van der Waals surface area contributed by atoms with Crippen LogP contribution in [-0.2, 0) is 33.6 Å². The SMILES string of the molecule is NC(=O)CCC(N)C(=O)NC(CC(=O)O)C(=O)NCC(=O)NC(CC(N)=O)C(=O)O. The number of nitrogens with one attached hydrogen (secondary N) is 3. The molecule has 11 N–H and O–H groups in total. The van der Waals surface area contributed by atoms with E-state index in [1.165, 1.54) is 0 Å². The van der Waals surface area contributed by atoms with E-state index in [4.69, 9.17) is 27.4 Å². The maximum atomic E-state index is 12.1. The Morgan fingerprint density at radius 2 is 1.40 bits per heavy atom. The molecule has 0 aliphatic carbocycles. The molecule has 0 bridgehead atoms. The van der Waals surface area contributed by atoms with Gasteiger partial charge in [-0.2, -0.15) is 0 Å². The van der Waals surface area contributed by atoms with Gasteiger partial charge in [-0.15, -0.1) is 0 Å². The average Bonchev–Trinajstić information content (AvgIpc) is 2.61. The van der Waals surface area contributed by atoms with Crippen molar-refractivity contribution < 1.29 is 43.8 Å². The molecule has 0 radical (unpaired) electrons. The first-order valence-electron chi connectivity index (χ1n) is 8.47. The summed E-state index contributed by atoms with van der Waals surface area (Å²) in [6.07, 6.45) is -1.88. The fraction of sp³-hybridized carbons (Fsp3) is 0.533. The summed E-state index contributed by atoms with van der Waals surface area (Å²) < 4.78 is 0. The highest BCUT2D eigenvalue weighted by Crippen LogP contribution is 1.99. The standard InChI is InChI=1S/C15H24N6O9/c16-6(1-2-9(17)22)13(27)21-7(4-12(25)26)14(28)19-5-11(24)20-8(15(29)30)3-10(18)23/h6-8H,1-5,16H2,(H2,17,22)(H2,18,23)(H,19,28)(H,20,24)(H,21,27)(H,25,26)(H,29,30). The van der Waals surface area contributed by atoms with Crippen molar-refractivity contribution in [1.82, 2.24) is 16.0 Å². The van der Waals surface area contributed by atoms with E-state index in [9.17, 15) is 33.6 Å². The fourth-order valence-corrected chi connectivity index (χ4v) is 2.03. The van der Waals surface area contributed by atoms with E-state index in [0.717, 1.165) is 0 Å². The van der Waals surface area contributed by atoms with Gasteiger partial charge in [0, 0.05) is 6.42 Å². The van der Waals surface area contributed by atoms with Gasteiger partial charge in [0.2, 0.25) is 29.5 Å². The third-order valence-corrected chi connectivity index (χ3v) is 3.51. The minimum atomic E-state index is -1.62. The maximum Gasteiger partial charge on any atom is 0.326 e. The normalized spacial score (nSPS) is 13.2. The number of carbonyl (C=O) groups excluding carboxylic acids is 5. The molecule has 30 heavy (non-hydrogen) atoms. The van der Waals surface area contributed by atoms with Gasteiger partial charge in [-0.25, -0.2) is 4.79 Å². The molecule has 0 spiro atoms. The molecule has 168 valence electrons. The van der Waals surface area contributed by atoms with Gasteiger partial charge in [-0.1, -0.05) is 0 Å². The Morgan fingerprint density at radius 1 is 0.800 bits per heavy atom. The quantitative estimate of drug-likeness (QED) is 0.129. The Morgan fingerprint density at radius 3 is 1.87 bits per heavy atom. The van der Waals surface area contributed by atoms with Crippen LogP contribution in [0.3, 0.4) is 0 Å². The summed E-state index contributed by atoms with van der Waals surface area (Å²) in [6, 6.07) is -4.47. The van der Waals surface area contributed by atoms with E-state index in [1.54, 1.807) is 0 Å². The largest absolute Gasteiger partial charge is 0.481 e. The first-order valence-corrected chi connectivity index (χ1v) is 8.47. The van der Waals surface area contributed by atoms with Gasteiger partial charge in [-0.05, 0) is 6.42 Å². The second kappa shape index (κ2) is 12.7. The number of hydrogen-bond donors (Lipinski definition) is 8. The van der Waals surface area contributed by atoms with Crippen molar-refractivity contribution in [2.45, 2.75) is 43.8 Å². The van der Waals surface area contributed by atoms with Crippen LogP contribution in [0.4, 0.5) is 0 Å². The molecular weight excluding hydrogens is 408 g/mol. The van der Waals surface area contributed by atoms with Crippen LogP contribution in [-0.4, -0.2) is 76.4 Å². The van der Waals surface area contributed by atoms with Crippen molar-refractivity contribution in [3.8, 4) is 0 Å². The summed E-state index contributed by atoms with van der Waals surface area (Å²) in [5.41, 5.74) is 15.3. The Balaban J connectivity index is 4.87. The number of aliphatic carboxylic acids is 2. The third-order valence-electron chi connectivity index (χ3n) is 3.51. The van der Waals surface area contributed by atoms with Crippen molar-refractivity contribution in [2.24, 2.45) is 17.2 Å². The molecule has 0 aliphatic heterocycles. The van der Waals surface area contributed by atoms with Crippen LogP contribution < -0.4 is 33.2 Å². The minimum Gasteiger partial charge on any atom is -0.481 e. The molecule has 0 aliphatic rings. The lowest BCUT2D eigenvalue weighted by Gasteiger charge is -2.19. The third kappa shape index (κ3) is 11.2. The predicted molar refractivity (Wildman–Crippen MR) is 97.0 cm³/mol. The number of carbonyl (C=O) groups is 7. The molecule has 0 aromatic carbocycles. The summed E-state index contributed by atoms with van der Waals surface area (Å²) in [5, 5.41) is 23.9. The number of amides is 5. The molecule has 15 heteroatoms. The summed E-state index contributed by atoms with van der Waals surface area (Å²) in [7, 11) is 0. The van der Waals surface area contributed by atoms with Crippen molar-refractivity contribution >= 4 is 41.5 Å². The lowest BCUT2D eigenvalue weighted by atomic mass is 10.1. The van der Waals surface area contributed by atoms with Crippen molar-refractivity contribution in [3.63, 3.8) is 0 Å². The van der Waals surface area contributed by atoms with Gasteiger partial charge in [0.25, 0.3) is 0 Å². The first-order chi connectivity index (χ1) is 13.8. The van der Waals surface area contributed by atoms with Crippen molar-refractivity contribution in [2.75, 3.05) is 6.54 Å². The van der Waals surface area contributed by atoms with Crippen molar-refractivity contribution in [3.05, 3.63) is 0 Å². The van der Waals surface area contributed by atoms with Crippen LogP contribution in [0.15, 0.2) is 0 Å². The number of hydrogen-bond acceptors (Lipinski definition) is 8. The first kappa shape index (κ1) is 26.2. The monoisotopic (exact) mass is 432 g/mol. The highest BCUT2D eigenvalue weighted by Gasteiger charge is 2.27. The fourth-order valence-electron chi connectivity index (χ4n) is 2.03. The zero-order chi connectivity index (χ0) is 23.4. The minimum absolute atomic E-state index is 0.137. The van der Waals surface area contributed by atoms with Gasteiger partial charge in [0.1, 0.15) is 12.1 Å². The maximum absolute atomic E-state index is 12.1. The van der Waals surface area contributed by atoms with Crippen LogP contribution in [0.1, 0.15) is 25.7 Å². The zero-order valence-electron chi connectivity index (χ0n) is 15.8. The number of rotatable bonds is 14. The molecule has 5 amide bonds. The van der Waals surface area contributed by atoms with Gasteiger partial charge in [0.15, 0.2) is 0 Å². The Kier molecular flexibility index (Phi) is 11.1. The highest BCUT2D eigenvalue weighted by molar-refractivity contribution is 5.95. The van der Waals surface area contributed by atoms with E-state index >= 15 is 0 Å². The van der Waals surface area contributed by atoms with E-state index in [-0.39, 0.29) is 12.8 Å². The molecule has 0 heterocycles. The summed E-state index contributed by atoms with van der Waals surface area (Å²) in [4.78, 5) is 79.3. The second-order valence-corrected chi connectivity index (χ2v) is 6.12. The average molecular weight is 432 g/mol. The lowest BCUT2D eigenvalue weighted by Crippen LogP contribution is -2.54. The number of primary amides is 2. The van der Waals surface area contributed by atoms with Gasteiger partial charge < -0.3 is 43.4 Å². The molecule has 0 saturated heterocycles. The second-order valence-electron chi connectivity index (χ2n) is 6.12. The Hall–Kier alpha value is -3.75. The van der Waals surface area contributed by atoms with Crippen LogP contribution >= 0.6 is 0 Å². The van der Waals surface area contributed by atoms with E-state index < -0.39 is 79.0 Å². The van der Waals surface area contributed by atoms with Gasteiger partial charge in [-0.3, -0.25) is 28.8 Å². The summed E-state index contributed by atoms with van der Waals surface area (Å²) in [5.74, 6) is -7.66. The van der Waals surface area contributed by atoms with E-state index in [0.29, 0.717) is 0 Å². The molecule has 15 nitrogen and oxygen atoms in total. The van der Waals surface area contributed by atoms with Crippen molar-refractivity contribution in [1.29, 1.82) is 0 Å². The zero-order valence-corrected chi connectivity index (χ0v) is 15.8.